The van der Waals surface area contributed by atoms with Gasteiger partial charge in [0.05, 0.1) is 18.0 Å². The third kappa shape index (κ3) is 1.35. The van der Waals surface area contributed by atoms with Crippen molar-refractivity contribution in [2.45, 2.75) is 46.5 Å². The average molecular weight is 331 g/mol. The average Bonchev–Trinajstić information content (AvgIpc) is 3.11. The van der Waals surface area contributed by atoms with Crippen molar-refractivity contribution >= 4 is 12.3 Å². The fourth-order valence-corrected chi connectivity index (χ4v) is 7.64. The molecule has 0 aliphatic heterocycles. The van der Waals surface area contributed by atoms with Gasteiger partial charge in [-0.15, -0.1) is 0 Å². The number of allylic oxidation sites excluding steroid dienone is 1. The summed E-state index contributed by atoms with van der Waals surface area (Å²) in [5.41, 5.74) is -2.15. The Kier molecular flexibility index (Phi) is 3.21. The number of carboxylic acids is 1. The Morgan fingerprint density at radius 1 is 1.42 bits per heavy atom. The number of aliphatic carboxylic acids is 1. The molecule has 4 rings (SSSR count). The summed E-state index contributed by atoms with van der Waals surface area (Å²) in [5.74, 6) is -0.203. The zero-order valence-corrected chi connectivity index (χ0v) is 14.7. The van der Waals surface area contributed by atoms with E-state index in [4.69, 9.17) is 0 Å². The van der Waals surface area contributed by atoms with Gasteiger partial charge in [0, 0.05) is 10.8 Å². The summed E-state index contributed by atoms with van der Waals surface area (Å²) < 4.78 is 0. The summed E-state index contributed by atoms with van der Waals surface area (Å²) in [7, 11) is 0. The summed E-state index contributed by atoms with van der Waals surface area (Å²) in [5, 5.41) is 23.1. The van der Waals surface area contributed by atoms with E-state index in [0.717, 1.165) is 24.7 Å². The van der Waals surface area contributed by atoms with Crippen LogP contribution in [0.2, 0.25) is 0 Å². The second-order valence-electron chi connectivity index (χ2n) is 9.13. The molecule has 1 N–H and O–H groups in total. The van der Waals surface area contributed by atoms with Crippen molar-refractivity contribution in [3.63, 3.8) is 0 Å². The fourth-order valence-electron chi connectivity index (χ4n) is 7.64. The predicted octanol–water partition coefficient (Wildman–Crippen LogP) is 1.57. The molecule has 0 unspecified atom stereocenters. The van der Waals surface area contributed by atoms with Gasteiger partial charge in [-0.25, -0.2) is 0 Å². The van der Waals surface area contributed by atoms with Crippen molar-refractivity contribution in [2.24, 2.45) is 45.8 Å². The van der Waals surface area contributed by atoms with Gasteiger partial charge in [0.2, 0.25) is 0 Å². The summed E-state index contributed by atoms with van der Waals surface area (Å²) in [6, 6.07) is 0. The van der Waals surface area contributed by atoms with Gasteiger partial charge in [0.1, 0.15) is 6.29 Å². The predicted molar refractivity (Wildman–Crippen MR) is 86.5 cm³/mol. The molecule has 4 heteroatoms. The topological polar surface area (TPSA) is 77.4 Å². The van der Waals surface area contributed by atoms with Crippen molar-refractivity contribution in [1.29, 1.82) is 0 Å². The summed E-state index contributed by atoms with van der Waals surface area (Å²) in [6.07, 6.45) is 6.26. The molecule has 4 nitrogen and oxygen atoms in total. The quantitative estimate of drug-likeness (QED) is 0.626. The standard InChI is InChI=1S/C20H28O4/c1-11(2)16-6-13-7-19(10-22)15-5-4-12(3)14(15)8-18(13,9-21)20(16,19)17(23)24/h6,10-15,21H,4-5,7-9H2,1-3H3,(H,23,24)/p-1/t12-,13+,14-,15-,18+,19+,20-/m1/s1. The molecular formula is C20H27O4-. The largest absolute Gasteiger partial charge is 0.549 e. The van der Waals surface area contributed by atoms with Crippen molar-refractivity contribution < 1.29 is 19.8 Å². The third-order valence-electron chi connectivity index (χ3n) is 8.39. The van der Waals surface area contributed by atoms with Gasteiger partial charge >= 0.3 is 0 Å². The highest BCUT2D eigenvalue weighted by atomic mass is 16.4. The van der Waals surface area contributed by atoms with E-state index in [1.807, 2.05) is 13.8 Å². The maximum absolute atomic E-state index is 12.7. The van der Waals surface area contributed by atoms with Crippen LogP contribution in [0.5, 0.6) is 0 Å². The zero-order chi connectivity index (χ0) is 17.5. The number of fused-ring (bicyclic) bond motifs is 2. The number of carbonyl (C=O) groups is 2. The van der Waals surface area contributed by atoms with Crippen LogP contribution in [-0.4, -0.2) is 24.0 Å². The Labute approximate surface area is 143 Å². The van der Waals surface area contributed by atoms with Crippen LogP contribution in [0.3, 0.4) is 0 Å². The third-order valence-corrected chi connectivity index (χ3v) is 8.39. The molecule has 0 aromatic carbocycles. The van der Waals surface area contributed by atoms with Crippen molar-refractivity contribution in [1.82, 2.24) is 0 Å². The number of aliphatic hydroxyl groups excluding tert-OH is 1. The Hall–Kier alpha value is -1.16. The molecule has 0 saturated heterocycles. The molecule has 3 fully saturated rings. The van der Waals surface area contributed by atoms with Crippen molar-refractivity contribution in [3.05, 3.63) is 11.6 Å². The first-order chi connectivity index (χ1) is 11.3. The van der Waals surface area contributed by atoms with E-state index in [9.17, 15) is 19.8 Å². The molecule has 7 atom stereocenters. The Morgan fingerprint density at radius 2 is 2.12 bits per heavy atom. The van der Waals surface area contributed by atoms with Crippen molar-refractivity contribution in [2.75, 3.05) is 6.61 Å². The molecule has 0 heterocycles. The Balaban J connectivity index is 2.03. The van der Waals surface area contributed by atoms with Crippen LogP contribution in [-0.2, 0) is 9.59 Å². The molecule has 4 aliphatic carbocycles. The van der Waals surface area contributed by atoms with Crippen molar-refractivity contribution in [3.8, 4) is 0 Å². The summed E-state index contributed by atoms with van der Waals surface area (Å²) in [6.45, 7) is 6.02. The molecule has 0 radical (unpaired) electrons. The molecule has 0 spiro atoms. The minimum Gasteiger partial charge on any atom is -0.549 e. The SMILES string of the molecule is CC(C)C1=C[C@H]2C[C@]3(C=O)[C@@H]4CC[C@@H](C)[C@H]4C[C@@]2(CO)[C@]13C(=O)[O-]. The lowest BCUT2D eigenvalue weighted by Crippen LogP contribution is -2.66. The number of aldehydes is 1. The monoisotopic (exact) mass is 331 g/mol. The van der Waals surface area contributed by atoms with Gasteiger partial charge < -0.3 is 19.8 Å². The zero-order valence-electron chi connectivity index (χ0n) is 14.7. The van der Waals surface area contributed by atoms with E-state index >= 15 is 0 Å². The van der Waals surface area contributed by atoms with Crippen LogP contribution in [0.1, 0.15) is 46.5 Å². The second-order valence-corrected chi connectivity index (χ2v) is 9.13. The molecule has 4 bridgehead atoms. The molecule has 0 aromatic rings. The second kappa shape index (κ2) is 4.72. The van der Waals surface area contributed by atoms with Gasteiger partial charge in [0.15, 0.2) is 0 Å². The van der Waals surface area contributed by atoms with E-state index in [-0.39, 0.29) is 24.4 Å². The lowest BCUT2D eigenvalue weighted by molar-refractivity contribution is -0.332. The molecular weight excluding hydrogens is 304 g/mol. The number of carboxylic acid groups (broad SMARTS) is 1. The van der Waals surface area contributed by atoms with Gasteiger partial charge in [-0.2, -0.15) is 0 Å². The van der Waals surface area contributed by atoms with E-state index in [0.29, 0.717) is 24.7 Å². The Morgan fingerprint density at radius 3 is 2.67 bits per heavy atom. The molecule has 4 aliphatic rings. The minimum atomic E-state index is -1.32. The maximum atomic E-state index is 12.7. The highest BCUT2D eigenvalue weighted by Crippen LogP contribution is 2.82. The molecule has 0 amide bonds. The van der Waals surface area contributed by atoms with Crippen LogP contribution in [0, 0.1) is 45.8 Å². The first-order valence-electron chi connectivity index (χ1n) is 9.33. The molecule has 132 valence electrons. The van der Waals surface area contributed by atoms with Crippen LogP contribution >= 0.6 is 0 Å². The minimum absolute atomic E-state index is 0.0270. The van der Waals surface area contributed by atoms with E-state index in [2.05, 4.69) is 13.0 Å². The molecule has 3 saturated carbocycles. The first kappa shape index (κ1) is 16.3. The lowest BCUT2D eigenvalue weighted by Gasteiger charge is -2.61. The summed E-state index contributed by atoms with van der Waals surface area (Å²) in [4.78, 5) is 25.2. The van der Waals surface area contributed by atoms with E-state index in [1.165, 1.54) is 0 Å². The lowest BCUT2D eigenvalue weighted by atomic mass is 9.43. The van der Waals surface area contributed by atoms with Gasteiger partial charge in [-0.3, -0.25) is 0 Å². The normalized spacial score (nSPS) is 51.6. The van der Waals surface area contributed by atoms with Crippen LogP contribution < -0.4 is 5.11 Å². The number of rotatable bonds is 4. The smallest absolute Gasteiger partial charge is 0.127 e. The molecule has 24 heavy (non-hydrogen) atoms. The number of hydrogen-bond donors (Lipinski definition) is 1. The van der Waals surface area contributed by atoms with Crippen LogP contribution in [0.25, 0.3) is 0 Å². The van der Waals surface area contributed by atoms with Gasteiger partial charge in [-0.05, 0) is 48.9 Å². The number of hydrogen-bond acceptors (Lipinski definition) is 4. The highest BCUT2D eigenvalue weighted by molar-refractivity contribution is 5.89. The fraction of sp³-hybridized carbons (Fsp3) is 0.800. The summed E-state index contributed by atoms with van der Waals surface area (Å²) >= 11 is 0. The number of carbonyl (C=O) groups excluding carboxylic acids is 2. The van der Waals surface area contributed by atoms with Gasteiger partial charge in [-0.1, -0.05) is 38.8 Å². The van der Waals surface area contributed by atoms with Crippen LogP contribution in [0.4, 0.5) is 0 Å². The van der Waals surface area contributed by atoms with E-state index < -0.39 is 22.2 Å². The van der Waals surface area contributed by atoms with E-state index in [1.54, 1.807) is 0 Å². The first-order valence-corrected chi connectivity index (χ1v) is 9.33. The van der Waals surface area contributed by atoms with Gasteiger partial charge in [0.25, 0.3) is 0 Å². The van der Waals surface area contributed by atoms with Crippen LogP contribution in [0.15, 0.2) is 11.6 Å². The number of aliphatic hydroxyl groups is 1. The maximum Gasteiger partial charge on any atom is 0.127 e. The highest BCUT2D eigenvalue weighted by Gasteiger charge is 2.81. The molecule has 0 aromatic heterocycles. The Bertz CT molecular complexity index is 638.